The molecule has 0 spiro atoms. The number of sulfonamides is 1. The first kappa shape index (κ1) is 20.8. The predicted octanol–water partition coefficient (Wildman–Crippen LogP) is 3.14. The third-order valence-electron chi connectivity index (χ3n) is 5.20. The molecule has 0 saturated carbocycles. The van der Waals surface area contributed by atoms with Crippen molar-refractivity contribution in [2.24, 2.45) is 0 Å². The van der Waals surface area contributed by atoms with Crippen molar-refractivity contribution in [2.75, 3.05) is 25.0 Å². The topological polar surface area (TPSA) is 105 Å². The van der Waals surface area contributed by atoms with Gasteiger partial charge in [-0.2, -0.15) is 0 Å². The van der Waals surface area contributed by atoms with Crippen molar-refractivity contribution < 1.29 is 23.1 Å². The highest BCUT2D eigenvalue weighted by Crippen LogP contribution is 2.23. The van der Waals surface area contributed by atoms with E-state index in [1.807, 2.05) is 0 Å². The Kier molecular flexibility index (Phi) is 7.09. The fourth-order valence-electron chi connectivity index (χ4n) is 3.61. The lowest BCUT2D eigenvalue weighted by atomic mass is 9.97. The van der Waals surface area contributed by atoms with Crippen molar-refractivity contribution in [3.8, 4) is 0 Å². The van der Waals surface area contributed by atoms with Crippen LogP contribution in [0, 0.1) is 0 Å². The van der Waals surface area contributed by atoms with Gasteiger partial charge in [-0.25, -0.2) is 17.9 Å². The van der Waals surface area contributed by atoms with Gasteiger partial charge in [0.15, 0.2) is 0 Å². The Labute approximate surface area is 166 Å². The smallest absolute Gasteiger partial charge is 0.337 e. The monoisotopic (exact) mass is 408 g/mol. The van der Waals surface area contributed by atoms with E-state index in [1.54, 1.807) is 0 Å². The molecule has 0 aromatic heterocycles. The maximum atomic E-state index is 12.6. The Morgan fingerprint density at radius 3 is 2.79 bits per heavy atom. The van der Waals surface area contributed by atoms with E-state index in [0.29, 0.717) is 25.2 Å². The second-order valence-corrected chi connectivity index (χ2v) is 9.05. The number of anilines is 1. The van der Waals surface area contributed by atoms with E-state index in [4.69, 9.17) is 4.74 Å². The minimum Gasteiger partial charge on any atom is -0.478 e. The summed E-state index contributed by atoms with van der Waals surface area (Å²) >= 11 is 0. The van der Waals surface area contributed by atoms with Crippen LogP contribution >= 0.6 is 0 Å². The SMILES string of the molecule is O=C(O)c1cc(S(=O)(=O)NCCC2=CCCCC2)ccc1NC[C@H]1CCCO1. The summed E-state index contributed by atoms with van der Waals surface area (Å²) in [5, 5.41) is 12.6. The zero-order chi connectivity index (χ0) is 20.0. The summed E-state index contributed by atoms with van der Waals surface area (Å²) < 4.78 is 33.2. The standard InChI is InChI=1S/C20H28N2O5S/c23-20(24)18-13-17(8-9-19(18)21-14-16-7-4-12-27-16)28(25,26)22-11-10-15-5-2-1-3-6-15/h5,8-9,13,16,21-22H,1-4,6-7,10-12,14H2,(H,23,24)/t16-/m1/s1. The van der Waals surface area contributed by atoms with E-state index >= 15 is 0 Å². The first-order valence-corrected chi connectivity index (χ1v) is 11.3. The summed E-state index contributed by atoms with van der Waals surface area (Å²) in [6.07, 6.45) is 9.30. The molecule has 0 unspecified atom stereocenters. The third-order valence-corrected chi connectivity index (χ3v) is 6.66. The van der Waals surface area contributed by atoms with Crippen LogP contribution in [0.3, 0.4) is 0 Å². The van der Waals surface area contributed by atoms with Gasteiger partial charge < -0.3 is 15.2 Å². The lowest BCUT2D eigenvalue weighted by molar-refractivity contribution is 0.0697. The molecule has 1 aliphatic carbocycles. The molecule has 0 radical (unpaired) electrons. The molecule has 1 fully saturated rings. The van der Waals surface area contributed by atoms with Crippen LogP contribution in [0.25, 0.3) is 0 Å². The number of hydrogen-bond acceptors (Lipinski definition) is 5. The minimum absolute atomic E-state index is 0.0369. The van der Waals surface area contributed by atoms with E-state index in [1.165, 1.54) is 30.2 Å². The highest BCUT2D eigenvalue weighted by Gasteiger charge is 2.20. The molecule has 1 aromatic rings. The van der Waals surface area contributed by atoms with Crippen molar-refractivity contribution in [1.29, 1.82) is 0 Å². The summed E-state index contributed by atoms with van der Waals surface area (Å²) in [5.41, 5.74) is 1.62. The average molecular weight is 409 g/mol. The van der Waals surface area contributed by atoms with Crippen molar-refractivity contribution >= 4 is 21.7 Å². The summed E-state index contributed by atoms with van der Waals surface area (Å²) in [5.74, 6) is -1.17. The van der Waals surface area contributed by atoms with Gasteiger partial charge in [0.1, 0.15) is 0 Å². The molecule has 28 heavy (non-hydrogen) atoms. The van der Waals surface area contributed by atoms with Gasteiger partial charge in [-0.1, -0.05) is 11.6 Å². The van der Waals surface area contributed by atoms with Gasteiger partial charge in [0.05, 0.1) is 16.6 Å². The Morgan fingerprint density at radius 2 is 2.11 bits per heavy atom. The molecule has 7 nitrogen and oxygen atoms in total. The molecule has 1 aliphatic heterocycles. The molecule has 8 heteroatoms. The molecule has 0 bridgehead atoms. The maximum absolute atomic E-state index is 12.6. The van der Waals surface area contributed by atoms with Crippen molar-refractivity contribution in [2.45, 2.75) is 55.9 Å². The van der Waals surface area contributed by atoms with E-state index in [2.05, 4.69) is 16.1 Å². The molecular formula is C20H28N2O5S. The van der Waals surface area contributed by atoms with Crippen molar-refractivity contribution in [1.82, 2.24) is 4.72 Å². The van der Waals surface area contributed by atoms with Crippen LogP contribution in [-0.2, 0) is 14.8 Å². The van der Waals surface area contributed by atoms with Gasteiger partial charge in [-0.05, 0) is 63.1 Å². The number of rotatable bonds is 9. The highest BCUT2D eigenvalue weighted by atomic mass is 32.2. The number of hydrogen-bond donors (Lipinski definition) is 3. The summed E-state index contributed by atoms with van der Waals surface area (Å²) in [4.78, 5) is 11.6. The van der Waals surface area contributed by atoms with Crippen LogP contribution in [0.4, 0.5) is 5.69 Å². The minimum atomic E-state index is -3.76. The molecule has 2 aliphatic rings. The lowest BCUT2D eigenvalue weighted by Crippen LogP contribution is -2.26. The number of ether oxygens (including phenoxy) is 1. The number of carboxylic acids is 1. The van der Waals surface area contributed by atoms with Crippen LogP contribution in [0.2, 0.25) is 0 Å². The summed E-state index contributed by atoms with van der Waals surface area (Å²) in [7, 11) is -3.76. The summed E-state index contributed by atoms with van der Waals surface area (Å²) in [6, 6.07) is 4.16. The number of allylic oxidation sites excluding steroid dienone is 1. The van der Waals surface area contributed by atoms with Gasteiger partial charge in [-0.15, -0.1) is 0 Å². The molecule has 154 valence electrons. The number of aromatic carboxylic acids is 1. The van der Waals surface area contributed by atoms with Crippen molar-refractivity contribution in [3.63, 3.8) is 0 Å². The van der Waals surface area contributed by atoms with E-state index < -0.39 is 16.0 Å². The predicted molar refractivity (Wildman–Crippen MR) is 107 cm³/mol. The van der Waals surface area contributed by atoms with Gasteiger partial charge in [0, 0.05) is 25.4 Å². The molecule has 1 saturated heterocycles. The largest absolute Gasteiger partial charge is 0.478 e. The van der Waals surface area contributed by atoms with Crippen LogP contribution in [0.15, 0.2) is 34.7 Å². The van der Waals surface area contributed by atoms with Crippen LogP contribution in [0.1, 0.15) is 55.3 Å². The number of nitrogens with one attached hydrogen (secondary N) is 2. The maximum Gasteiger partial charge on any atom is 0.337 e. The Morgan fingerprint density at radius 1 is 1.25 bits per heavy atom. The fourth-order valence-corrected chi connectivity index (χ4v) is 4.67. The van der Waals surface area contributed by atoms with Crippen molar-refractivity contribution in [3.05, 3.63) is 35.4 Å². The summed E-state index contributed by atoms with van der Waals surface area (Å²) in [6.45, 7) is 1.53. The molecule has 3 N–H and O–H groups in total. The van der Waals surface area contributed by atoms with Gasteiger partial charge >= 0.3 is 5.97 Å². The normalized spacial score (nSPS) is 20.0. The quantitative estimate of drug-likeness (QED) is 0.542. The van der Waals surface area contributed by atoms with Gasteiger partial charge in [0.2, 0.25) is 10.0 Å². The second-order valence-electron chi connectivity index (χ2n) is 7.28. The molecule has 1 heterocycles. The molecule has 1 atom stereocenters. The first-order valence-electron chi connectivity index (χ1n) is 9.86. The van der Waals surface area contributed by atoms with Crippen LogP contribution in [-0.4, -0.2) is 45.3 Å². The van der Waals surface area contributed by atoms with E-state index in [9.17, 15) is 18.3 Å². The van der Waals surface area contributed by atoms with E-state index in [-0.39, 0.29) is 16.6 Å². The van der Waals surface area contributed by atoms with Gasteiger partial charge in [-0.3, -0.25) is 0 Å². The first-order chi connectivity index (χ1) is 13.5. The second kappa shape index (κ2) is 9.54. The number of benzene rings is 1. The third kappa shape index (κ3) is 5.56. The molecule has 3 rings (SSSR count). The number of carboxylic acid groups (broad SMARTS) is 1. The zero-order valence-electron chi connectivity index (χ0n) is 15.9. The van der Waals surface area contributed by atoms with Gasteiger partial charge in [0.25, 0.3) is 0 Å². The Hall–Kier alpha value is -1.90. The molecular weight excluding hydrogens is 380 g/mol. The zero-order valence-corrected chi connectivity index (χ0v) is 16.8. The molecule has 1 aromatic carbocycles. The number of carbonyl (C=O) groups is 1. The Balaban J connectivity index is 1.65. The fraction of sp³-hybridized carbons (Fsp3) is 0.550. The van der Waals surface area contributed by atoms with Crippen LogP contribution in [0.5, 0.6) is 0 Å². The molecule has 0 amide bonds. The Bertz CT molecular complexity index is 829. The van der Waals surface area contributed by atoms with Crippen LogP contribution < -0.4 is 10.0 Å². The van der Waals surface area contributed by atoms with E-state index in [0.717, 1.165) is 38.7 Å². The average Bonchev–Trinajstić information content (AvgIpc) is 3.20. The lowest BCUT2D eigenvalue weighted by Gasteiger charge is -2.15. The highest BCUT2D eigenvalue weighted by molar-refractivity contribution is 7.89.